The number of hydrogen-bond acceptors (Lipinski definition) is 2. The zero-order chi connectivity index (χ0) is 12.3. The minimum atomic E-state index is -0.595. The highest BCUT2D eigenvalue weighted by atomic mass is 16.4. The van der Waals surface area contributed by atoms with E-state index in [1.807, 2.05) is 0 Å². The normalized spacial score (nSPS) is 23.9. The first-order chi connectivity index (χ1) is 8.12. The Balaban J connectivity index is 1.67. The Kier molecular flexibility index (Phi) is 4.08. The molecular weight excluding hydrogens is 214 g/mol. The summed E-state index contributed by atoms with van der Waals surface area (Å²) in [6.07, 6.45) is 9.98. The van der Waals surface area contributed by atoms with Crippen LogP contribution in [0.3, 0.4) is 0 Å². The molecule has 0 aromatic rings. The maximum Gasteiger partial charge on any atom is 0.310 e. The molecule has 0 heterocycles. The van der Waals surface area contributed by atoms with Gasteiger partial charge >= 0.3 is 5.97 Å². The second kappa shape index (κ2) is 5.38. The van der Waals surface area contributed by atoms with Crippen LogP contribution < -0.4 is 0 Å². The van der Waals surface area contributed by atoms with Gasteiger partial charge in [0, 0.05) is 6.54 Å². The fraction of sp³-hybridized carbons (Fsp3) is 0.929. The molecule has 0 aromatic carbocycles. The highest BCUT2D eigenvalue weighted by Gasteiger charge is 2.50. The van der Waals surface area contributed by atoms with Crippen molar-refractivity contribution in [3.05, 3.63) is 0 Å². The van der Waals surface area contributed by atoms with Gasteiger partial charge in [0.15, 0.2) is 0 Å². The van der Waals surface area contributed by atoms with Gasteiger partial charge in [-0.3, -0.25) is 4.79 Å². The topological polar surface area (TPSA) is 40.5 Å². The largest absolute Gasteiger partial charge is 0.481 e. The zero-order valence-corrected chi connectivity index (χ0v) is 11.0. The average molecular weight is 239 g/mol. The number of carboxylic acids is 1. The predicted octanol–water partition coefficient (Wildman–Crippen LogP) is 2.75. The summed E-state index contributed by atoms with van der Waals surface area (Å²) in [5.74, 6) is 0.299. The van der Waals surface area contributed by atoms with Crippen LogP contribution in [0, 0.1) is 11.3 Å². The average Bonchev–Trinajstić information content (AvgIpc) is 3.09. The van der Waals surface area contributed by atoms with Crippen LogP contribution in [0.4, 0.5) is 0 Å². The van der Waals surface area contributed by atoms with Gasteiger partial charge in [0.1, 0.15) is 0 Å². The molecule has 0 aliphatic heterocycles. The Hall–Kier alpha value is -0.570. The number of rotatable bonds is 6. The van der Waals surface area contributed by atoms with E-state index in [1.54, 1.807) is 0 Å². The molecule has 3 nitrogen and oxygen atoms in total. The number of carbonyl (C=O) groups is 1. The number of carboxylic acid groups (broad SMARTS) is 1. The van der Waals surface area contributed by atoms with Crippen molar-refractivity contribution >= 4 is 5.97 Å². The summed E-state index contributed by atoms with van der Waals surface area (Å²) >= 11 is 0. The molecule has 2 rings (SSSR count). The van der Waals surface area contributed by atoms with Crippen molar-refractivity contribution in [3.63, 3.8) is 0 Å². The molecule has 0 bridgehead atoms. The van der Waals surface area contributed by atoms with Crippen LogP contribution in [0.1, 0.15) is 51.4 Å². The highest BCUT2D eigenvalue weighted by molar-refractivity contribution is 5.78. The fourth-order valence-corrected chi connectivity index (χ4v) is 3.07. The highest BCUT2D eigenvalue weighted by Crippen LogP contribution is 2.46. The molecule has 3 heteroatoms. The van der Waals surface area contributed by atoms with Crippen molar-refractivity contribution < 1.29 is 9.90 Å². The van der Waals surface area contributed by atoms with Crippen LogP contribution in [0.5, 0.6) is 0 Å². The Bertz CT molecular complexity index is 267. The lowest BCUT2D eigenvalue weighted by molar-refractivity contribution is -0.144. The van der Waals surface area contributed by atoms with Crippen LogP contribution >= 0.6 is 0 Å². The molecule has 0 unspecified atom stereocenters. The van der Waals surface area contributed by atoms with E-state index in [2.05, 4.69) is 11.9 Å². The summed E-state index contributed by atoms with van der Waals surface area (Å²) in [5, 5.41) is 9.14. The molecular formula is C14H25NO2. The van der Waals surface area contributed by atoms with E-state index >= 15 is 0 Å². The van der Waals surface area contributed by atoms with Gasteiger partial charge in [-0.25, -0.2) is 0 Å². The van der Waals surface area contributed by atoms with E-state index in [1.165, 1.54) is 38.5 Å². The number of nitrogens with zero attached hydrogens (tertiary/aromatic N) is 1. The molecule has 0 amide bonds. The van der Waals surface area contributed by atoms with E-state index in [0.29, 0.717) is 0 Å². The van der Waals surface area contributed by atoms with Crippen LogP contribution in [-0.2, 0) is 4.79 Å². The van der Waals surface area contributed by atoms with Gasteiger partial charge in [-0.2, -0.15) is 0 Å². The lowest BCUT2D eigenvalue weighted by atomic mass is 9.87. The second-order valence-electron chi connectivity index (χ2n) is 6.12. The van der Waals surface area contributed by atoms with E-state index < -0.39 is 5.97 Å². The summed E-state index contributed by atoms with van der Waals surface area (Å²) in [6.45, 7) is 1.81. The lowest BCUT2D eigenvalue weighted by Gasteiger charge is -2.26. The summed E-state index contributed by atoms with van der Waals surface area (Å²) in [5.41, 5.74) is -0.388. The molecule has 17 heavy (non-hydrogen) atoms. The third-order valence-electron chi connectivity index (χ3n) is 4.52. The van der Waals surface area contributed by atoms with Crippen molar-refractivity contribution in [1.29, 1.82) is 0 Å². The Labute approximate surface area is 104 Å². The number of aliphatic carboxylic acids is 1. The first kappa shape index (κ1) is 12.9. The van der Waals surface area contributed by atoms with E-state index in [9.17, 15) is 4.79 Å². The van der Waals surface area contributed by atoms with Gasteiger partial charge in [-0.15, -0.1) is 0 Å². The van der Waals surface area contributed by atoms with Crippen molar-refractivity contribution in [2.75, 3.05) is 20.1 Å². The van der Waals surface area contributed by atoms with Crippen molar-refractivity contribution in [2.45, 2.75) is 51.4 Å². The summed E-state index contributed by atoms with van der Waals surface area (Å²) in [4.78, 5) is 13.3. The SMILES string of the molecule is CN(CCC1CCCCC1)CC1(C(=O)O)CC1. The quantitative estimate of drug-likeness (QED) is 0.775. The number of hydrogen-bond donors (Lipinski definition) is 1. The minimum Gasteiger partial charge on any atom is -0.481 e. The van der Waals surface area contributed by atoms with E-state index in [4.69, 9.17) is 5.11 Å². The summed E-state index contributed by atoms with van der Waals surface area (Å²) in [6, 6.07) is 0. The standard InChI is InChI=1S/C14H25NO2/c1-15(11-14(8-9-14)13(16)17)10-7-12-5-3-2-4-6-12/h12H,2-11H2,1H3,(H,16,17). The summed E-state index contributed by atoms with van der Waals surface area (Å²) < 4.78 is 0. The fourth-order valence-electron chi connectivity index (χ4n) is 3.07. The maximum absolute atomic E-state index is 11.1. The third-order valence-corrected chi connectivity index (χ3v) is 4.52. The van der Waals surface area contributed by atoms with Crippen LogP contribution in [-0.4, -0.2) is 36.1 Å². The minimum absolute atomic E-state index is 0.388. The van der Waals surface area contributed by atoms with Gasteiger partial charge in [-0.1, -0.05) is 32.1 Å². The Morgan fingerprint density at radius 2 is 1.94 bits per heavy atom. The summed E-state index contributed by atoms with van der Waals surface area (Å²) in [7, 11) is 2.08. The van der Waals surface area contributed by atoms with Gasteiger partial charge in [0.2, 0.25) is 0 Å². The first-order valence-corrected chi connectivity index (χ1v) is 7.04. The maximum atomic E-state index is 11.1. The predicted molar refractivity (Wildman–Crippen MR) is 68.0 cm³/mol. The molecule has 0 saturated heterocycles. The van der Waals surface area contributed by atoms with Gasteiger partial charge in [0.25, 0.3) is 0 Å². The van der Waals surface area contributed by atoms with Crippen molar-refractivity contribution in [2.24, 2.45) is 11.3 Å². The van der Waals surface area contributed by atoms with Crippen molar-refractivity contribution in [3.8, 4) is 0 Å². The molecule has 0 atom stereocenters. The van der Waals surface area contributed by atoms with Crippen molar-refractivity contribution in [1.82, 2.24) is 4.90 Å². The molecule has 2 saturated carbocycles. The van der Waals surface area contributed by atoms with Crippen LogP contribution in [0.15, 0.2) is 0 Å². The molecule has 98 valence electrons. The third kappa shape index (κ3) is 3.44. The van der Waals surface area contributed by atoms with Crippen LogP contribution in [0.2, 0.25) is 0 Å². The Morgan fingerprint density at radius 1 is 1.29 bits per heavy atom. The lowest BCUT2D eigenvalue weighted by Crippen LogP contribution is -2.33. The Morgan fingerprint density at radius 3 is 2.47 bits per heavy atom. The molecule has 1 N–H and O–H groups in total. The van der Waals surface area contributed by atoms with Gasteiger partial charge < -0.3 is 10.0 Å². The first-order valence-electron chi connectivity index (χ1n) is 7.04. The second-order valence-corrected chi connectivity index (χ2v) is 6.12. The molecule has 2 aliphatic rings. The smallest absolute Gasteiger partial charge is 0.310 e. The molecule has 2 aliphatic carbocycles. The van der Waals surface area contributed by atoms with E-state index in [-0.39, 0.29) is 5.41 Å². The zero-order valence-electron chi connectivity index (χ0n) is 11.0. The molecule has 0 radical (unpaired) electrons. The molecule has 0 spiro atoms. The molecule has 2 fully saturated rings. The molecule has 0 aromatic heterocycles. The van der Waals surface area contributed by atoms with Gasteiger partial charge in [-0.05, 0) is 38.8 Å². The monoisotopic (exact) mass is 239 g/mol. The van der Waals surface area contributed by atoms with E-state index in [0.717, 1.165) is 31.8 Å². The van der Waals surface area contributed by atoms with Gasteiger partial charge in [0.05, 0.1) is 5.41 Å². The van der Waals surface area contributed by atoms with Crippen LogP contribution in [0.25, 0.3) is 0 Å².